The van der Waals surface area contributed by atoms with Gasteiger partial charge in [0.1, 0.15) is 0 Å². The topological polar surface area (TPSA) is 66.6 Å². The lowest BCUT2D eigenvalue weighted by Crippen LogP contribution is -2.48. The predicted octanol–water partition coefficient (Wildman–Crippen LogP) is 3.45. The van der Waals surface area contributed by atoms with Gasteiger partial charge in [0.25, 0.3) is 0 Å². The molecule has 0 radical (unpaired) electrons. The van der Waals surface area contributed by atoms with E-state index >= 15 is 0 Å². The van der Waals surface area contributed by atoms with Crippen LogP contribution in [0, 0.1) is 5.41 Å². The number of nitrogens with two attached hydrogens (primary N) is 1. The summed E-state index contributed by atoms with van der Waals surface area (Å²) in [6.45, 7) is 6.67. The highest BCUT2D eigenvalue weighted by atomic mass is 16.4. The van der Waals surface area contributed by atoms with Gasteiger partial charge in [-0.2, -0.15) is 0 Å². The van der Waals surface area contributed by atoms with E-state index in [4.69, 9.17) is 5.73 Å². The molecule has 0 aliphatic carbocycles. The Bertz CT molecular complexity index is 544. The van der Waals surface area contributed by atoms with Crippen molar-refractivity contribution in [3.8, 4) is 0 Å². The molecule has 1 heterocycles. The number of benzene rings is 1. The van der Waals surface area contributed by atoms with Crippen molar-refractivity contribution in [1.29, 1.82) is 0 Å². The third kappa shape index (κ3) is 2.95. The van der Waals surface area contributed by atoms with Crippen LogP contribution < -0.4 is 5.73 Å². The number of carboxylic acid groups (broad SMARTS) is 1. The highest BCUT2D eigenvalue weighted by molar-refractivity contribution is 5.73. The summed E-state index contributed by atoms with van der Waals surface area (Å²) in [7, 11) is 0. The van der Waals surface area contributed by atoms with Crippen LogP contribution in [0.5, 0.6) is 0 Å². The first-order chi connectivity index (χ1) is 9.29. The molecule has 0 bridgehead atoms. The van der Waals surface area contributed by atoms with E-state index in [0.29, 0.717) is 6.54 Å². The van der Waals surface area contributed by atoms with Crippen molar-refractivity contribution < 1.29 is 9.90 Å². The van der Waals surface area contributed by atoms with Crippen molar-refractivity contribution in [2.24, 2.45) is 5.41 Å². The van der Waals surface area contributed by atoms with Crippen LogP contribution in [0.25, 0.3) is 5.57 Å². The number of rotatable bonds is 1. The molecule has 0 saturated carbocycles. The number of hydrogen-bond acceptors (Lipinski definition) is 2. The van der Waals surface area contributed by atoms with Crippen LogP contribution in [0.1, 0.15) is 32.8 Å². The first-order valence-electron chi connectivity index (χ1n) is 6.83. The Labute approximate surface area is 119 Å². The highest BCUT2D eigenvalue weighted by Crippen LogP contribution is 2.36. The molecule has 1 aliphatic rings. The van der Waals surface area contributed by atoms with E-state index in [0.717, 1.165) is 17.7 Å². The Balaban J connectivity index is 2.33. The minimum absolute atomic E-state index is 0.0265. The van der Waals surface area contributed by atoms with Gasteiger partial charge in [0.15, 0.2) is 0 Å². The summed E-state index contributed by atoms with van der Waals surface area (Å²) in [4.78, 5) is 12.9. The second-order valence-corrected chi connectivity index (χ2v) is 6.38. The van der Waals surface area contributed by atoms with Crippen LogP contribution in [-0.4, -0.2) is 28.7 Å². The number of nitrogens with zero attached hydrogens (tertiary/aromatic N) is 1. The maximum absolute atomic E-state index is 11.4. The smallest absolute Gasteiger partial charge is 0.407 e. The van der Waals surface area contributed by atoms with Crippen LogP contribution in [0.3, 0.4) is 0 Å². The molecule has 1 aliphatic heterocycles. The van der Waals surface area contributed by atoms with Crippen molar-refractivity contribution in [3.05, 3.63) is 35.9 Å². The Kier molecular flexibility index (Phi) is 3.75. The van der Waals surface area contributed by atoms with Gasteiger partial charge in [-0.15, -0.1) is 0 Å². The molecule has 3 N–H and O–H groups in total. The Hall–Kier alpha value is -1.97. The highest BCUT2D eigenvalue weighted by Gasteiger charge is 2.35. The molecule has 4 nitrogen and oxygen atoms in total. The standard InChI is InChI=1S/C16H22N2O2/c1-16(2,3)14-10-12(7-8-18(14)15(19)20)11-5-4-6-13(17)9-11/h4-7,9,14H,8,10,17H2,1-3H3,(H,19,20). The van der Waals surface area contributed by atoms with E-state index in [9.17, 15) is 9.90 Å². The van der Waals surface area contributed by atoms with Gasteiger partial charge >= 0.3 is 6.09 Å². The SMILES string of the molecule is CC(C)(C)C1CC(c2cccc(N)c2)=CCN1C(=O)O. The maximum atomic E-state index is 11.4. The molecule has 2 rings (SSSR count). The van der Waals surface area contributed by atoms with Gasteiger partial charge in [-0.25, -0.2) is 4.79 Å². The van der Waals surface area contributed by atoms with Crippen molar-refractivity contribution in [1.82, 2.24) is 4.90 Å². The molecule has 1 unspecified atom stereocenters. The third-order valence-corrected chi connectivity index (χ3v) is 3.83. The quantitative estimate of drug-likeness (QED) is 0.771. The van der Waals surface area contributed by atoms with Crippen molar-refractivity contribution >= 4 is 17.4 Å². The first kappa shape index (κ1) is 14.4. The van der Waals surface area contributed by atoms with E-state index in [2.05, 4.69) is 20.8 Å². The minimum atomic E-state index is -0.854. The van der Waals surface area contributed by atoms with Crippen LogP contribution in [-0.2, 0) is 0 Å². The fraction of sp³-hybridized carbons (Fsp3) is 0.438. The molecular weight excluding hydrogens is 252 g/mol. The molecule has 0 saturated heterocycles. The second-order valence-electron chi connectivity index (χ2n) is 6.38. The van der Waals surface area contributed by atoms with Gasteiger partial charge in [-0.05, 0) is 35.1 Å². The number of hydrogen-bond donors (Lipinski definition) is 2. The van der Waals surface area contributed by atoms with Crippen molar-refractivity contribution in [3.63, 3.8) is 0 Å². The predicted molar refractivity (Wildman–Crippen MR) is 81.4 cm³/mol. The van der Waals surface area contributed by atoms with Gasteiger partial charge in [-0.3, -0.25) is 0 Å². The third-order valence-electron chi connectivity index (χ3n) is 3.83. The van der Waals surface area contributed by atoms with E-state index < -0.39 is 6.09 Å². The van der Waals surface area contributed by atoms with Crippen molar-refractivity contribution in [2.45, 2.75) is 33.2 Å². The fourth-order valence-corrected chi connectivity index (χ4v) is 2.70. The Morgan fingerprint density at radius 1 is 1.40 bits per heavy atom. The first-order valence-corrected chi connectivity index (χ1v) is 6.83. The molecule has 108 valence electrons. The van der Waals surface area contributed by atoms with Crippen LogP contribution >= 0.6 is 0 Å². The Morgan fingerprint density at radius 3 is 2.65 bits per heavy atom. The number of amides is 1. The lowest BCUT2D eigenvalue weighted by atomic mass is 9.79. The fourth-order valence-electron chi connectivity index (χ4n) is 2.70. The summed E-state index contributed by atoms with van der Waals surface area (Å²) in [6, 6.07) is 7.74. The summed E-state index contributed by atoms with van der Waals surface area (Å²) in [5, 5.41) is 9.35. The zero-order valence-electron chi connectivity index (χ0n) is 12.3. The largest absolute Gasteiger partial charge is 0.465 e. The van der Waals surface area contributed by atoms with Crippen LogP contribution in [0.4, 0.5) is 10.5 Å². The summed E-state index contributed by atoms with van der Waals surface area (Å²) in [6.07, 6.45) is 1.86. The van der Waals surface area contributed by atoms with Crippen LogP contribution in [0.2, 0.25) is 0 Å². The van der Waals surface area contributed by atoms with Gasteiger partial charge in [0.05, 0.1) is 0 Å². The molecule has 0 aromatic heterocycles. The summed E-state index contributed by atoms with van der Waals surface area (Å²) in [5.41, 5.74) is 8.73. The molecule has 1 amide bonds. The second kappa shape index (κ2) is 5.19. The van der Waals surface area contributed by atoms with Gasteiger partial charge in [0, 0.05) is 18.3 Å². The zero-order chi connectivity index (χ0) is 14.9. The Morgan fingerprint density at radius 2 is 2.10 bits per heavy atom. The number of carbonyl (C=O) groups is 1. The zero-order valence-corrected chi connectivity index (χ0v) is 12.3. The van der Waals surface area contributed by atoms with Crippen LogP contribution in [0.15, 0.2) is 30.3 Å². The molecule has 1 aromatic carbocycles. The lowest BCUT2D eigenvalue weighted by Gasteiger charge is -2.41. The normalized spacial score (nSPS) is 19.6. The molecule has 4 heteroatoms. The van der Waals surface area contributed by atoms with E-state index in [1.807, 2.05) is 30.3 Å². The summed E-state index contributed by atoms with van der Waals surface area (Å²) in [5.74, 6) is 0. The van der Waals surface area contributed by atoms with Gasteiger partial charge in [0.2, 0.25) is 0 Å². The van der Waals surface area contributed by atoms with E-state index in [1.54, 1.807) is 0 Å². The molecule has 1 aromatic rings. The molecule has 20 heavy (non-hydrogen) atoms. The number of nitrogen functional groups attached to an aromatic ring is 1. The average Bonchev–Trinajstić information content (AvgIpc) is 2.37. The molecule has 0 spiro atoms. The monoisotopic (exact) mass is 274 g/mol. The maximum Gasteiger partial charge on any atom is 0.407 e. The van der Waals surface area contributed by atoms with Crippen molar-refractivity contribution in [2.75, 3.05) is 12.3 Å². The van der Waals surface area contributed by atoms with E-state index in [-0.39, 0.29) is 11.5 Å². The lowest BCUT2D eigenvalue weighted by molar-refractivity contribution is 0.0884. The molecule has 1 atom stereocenters. The molecule has 0 fully saturated rings. The van der Waals surface area contributed by atoms with Gasteiger partial charge < -0.3 is 15.7 Å². The van der Waals surface area contributed by atoms with Gasteiger partial charge in [-0.1, -0.05) is 39.0 Å². The average molecular weight is 274 g/mol. The molecular formula is C16H22N2O2. The number of anilines is 1. The van der Waals surface area contributed by atoms with E-state index in [1.165, 1.54) is 10.5 Å². The summed E-state index contributed by atoms with van der Waals surface area (Å²) >= 11 is 0. The minimum Gasteiger partial charge on any atom is -0.465 e. The summed E-state index contributed by atoms with van der Waals surface area (Å²) < 4.78 is 0.